The Labute approximate surface area is 211 Å². The van der Waals surface area contributed by atoms with Gasteiger partial charge in [-0.05, 0) is 35.7 Å². The van der Waals surface area contributed by atoms with Crippen molar-refractivity contribution in [3.63, 3.8) is 0 Å². The highest BCUT2D eigenvalue weighted by atomic mass is 79.9. The maximum Gasteiger partial charge on any atom is 0.408 e. The maximum atomic E-state index is 13.8. The SMILES string of the molecule is C[C@@H](N1CN([C@H]2c3ccccc3CSc3cc(Br)ccc32)n2ccc(=O)c(O)c2C1=O)C(F)(F)F. The van der Waals surface area contributed by atoms with Crippen molar-refractivity contribution < 1.29 is 23.1 Å². The molecule has 0 saturated heterocycles. The number of carbonyl (C=O) groups is 1. The molecule has 0 radical (unpaired) electrons. The molecule has 2 aromatic carbocycles. The number of halogens is 4. The lowest BCUT2D eigenvalue weighted by atomic mass is 9.94. The smallest absolute Gasteiger partial charge is 0.408 e. The first-order valence-corrected chi connectivity index (χ1v) is 12.4. The van der Waals surface area contributed by atoms with E-state index in [0.29, 0.717) is 10.7 Å². The van der Waals surface area contributed by atoms with Crippen molar-refractivity contribution in [3.05, 3.63) is 91.8 Å². The van der Waals surface area contributed by atoms with E-state index in [0.717, 1.165) is 39.0 Å². The Hall–Kier alpha value is -2.92. The molecule has 1 amide bonds. The average molecular weight is 566 g/mol. The molecule has 11 heteroatoms. The highest BCUT2D eigenvalue weighted by Gasteiger charge is 2.47. The Morgan fingerprint density at radius 2 is 1.86 bits per heavy atom. The first kappa shape index (κ1) is 23.8. The van der Waals surface area contributed by atoms with Gasteiger partial charge in [-0.2, -0.15) is 13.2 Å². The third-order valence-corrected chi connectivity index (χ3v) is 7.95. The summed E-state index contributed by atoms with van der Waals surface area (Å²) >= 11 is 5.10. The normalized spacial score (nSPS) is 18.4. The van der Waals surface area contributed by atoms with Crippen molar-refractivity contribution in [2.24, 2.45) is 0 Å². The zero-order valence-electron chi connectivity index (χ0n) is 18.3. The number of fused-ring (bicyclic) bond motifs is 3. The zero-order chi connectivity index (χ0) is 25.1. The van der Waals surface area contributed by atoms with Gasteiger partial charge < -0.3 is 10.0 Å². The van der Waals surface area contributed by atoms with Crippen molar-refractivity contribution in [3.8, 4) is 5.75 Å². The van der Waals surface area contributed by atoms with Crippen LogP contribution in [-0.4, -0.2) is 39.5 Å². The molecule has 6 nitrogen and oxygen atoms in total. The Kier molecular flexibility index (Phi) is 5.87. The highest BCUT2D eigenvalue weighted by Crippen LogP contribution is 2.44. The van der Waals surface area contributed by atoms with Crippen LogP contribution in [0.1, 0.15) is 40.1 Å². The first-order valence-electron chi connectivity index (χ1n) is 10.7. The zero-order valence-corrected chi connectivity index (χ0v) is 20.7. The first-order chi connectivity index (χ1) is 16.6. The Bertz CT molecular complexity index is 1390. The van der Waals surface area contributed by atoms with E-state index >= 15 is 0 Å². The van der Waals surface area contributed by atoms with E-state index in [9.17, 15) is 27.9 Å². The maximum absolute atomic E-state index is 13.8. The second-order valence-corrected chi connectivity index (χ2v) is 10.3. The van der Waals surface area contributed by atoms with E-state index in [1.165, 1.54) is 10.9 Å². The number of rotatable bonds is 2. The van der Waals surface area contributed by atoms with Gasteiger partial charge in [0.1, 0.15) is 12.7 Å². The molecule has 3 heterocycles. The summed E-state index contributed by atoms with van der Waals surface area (Å²) in [5.41, 5.74) is 1.36. The predicted octanol–water partition coefficient (Wildman–Crippen LogP) is 5.01. The second-order valence-electron chi connectivity index (χ2n) is 8.37. The standard InChI is InChI=1S/C24H19BrF3N3O3S/c1-13(24(26,27)28)29-12-31(30-9-8-18(32)22(33)21(30)23(29)34)20-16-5-3-2-4-14(16)11-35-19-10-15(25)6-7-17(19)20/h2-10,13,20,33H,11-12H2,1H3/t13-,20+/m1/s1. The molecule has 3 aromatic rings. The second kappa shape index (κ2) is 8.63. The fourth-order valence-corrected chi connectivity index (χ4v) is 6.11. The van der Waals surface area contributed by atoms with Gasteiger partial charge >= 0.3 is 6.18 Å². The molecule has 2 atom stereocenters. The number of hydrogen-bond acceptors (Lipinski definition) is 5. The largest absolute Gasteiger partial charge is 0.502 e. The molecule has 2 aliphatic rings. The van der Waals surface area contributed by atoms with Crippen LogP contribution in [0.5, 0.6) is 5.75 Å². The van der Waals surface area contributed by atoms with E-state index in [1.54, 1.807) is 16.8 Å². The number of amides is 1. The summed E-state index contributed by atoms with van der Waals surface area (Å²) < 4.78 is 43.5. The molecule has 1 N–H and O–H groups in total. The molecule has 0 bridgehead atoms. The predicted molar refractivity (Wildman–Crippen MR) is 129 cm³/mol. The lowest BCUT2D eigenvalue weighted by Gasteiger charge is -2.46. The summed E-state index contributed by atoms with van der Waals surface area (Å²) in [6, 6.07) is 11.7. The number of carbonyl (C=O) groups excluding carboxylic acids is 1. The molecule has 1 aromatic heterocycles. The number of aromatic hydroxyl groups is 1. The minimum Gasteiger partial charge on any atom is -0.502 e. The minimum absolute atomic E-state index is 0.409. The van der Waals surface area contributed by atoms with E-state index in [4.69, 9.17) is 0 Å². The van der Waals surface area contributed by atoms with Crippen LogP contribution in [-0.2, 0) is 5.75 Å². The summed E-state index contributed by atoms with van der Waals surface area (Å²) in [4.78, 5) is 27.0. The molecule has 5 rings (SSSR count). The van der Waals surface area contributed by atoms with Gasteiger partial charge in [0.05, 0.1) is 6.04 Å². The molecule has 0 saturated carbocycles. The van der Waals surface area contributed by atoms with E-state index in [2.05, 4.69) is 15.9 Å². The van der Waals surface area contributed by atoms with Gasteiger partial charge in [0, 0.05) is 27.4 Å². The number of nitrogens with zero attached hydrogens (tertiary/aromatic N) is 3. The summed E-state index contributed by atoms with van der Waals surface area (Å²) in [6.07, 6.45) is -3.38. The average Bonchev–Trinajstić information content (AvgIpc) is 2.97. The van der Waals surface area contributed by atoms with Crippen molar-refractivity contribution in [1.82, 2.24) is 9.58 Å². The van der Waals surface area contributed by atoms with E-state index in [1.807, 2.05) is 42.5 Å². The van der Waals surface area contributed by atoms with Crippen LogP contribution in [0, 0.1) is 0 Å². The van der Waals surface area contributed by atoms with E-state index in [-0.39, 0.29) is 0 Å². The topological polar surface area (TPSA) is 65.8 Å². The molecule has 0 unspecified atom stereocenters. The van der Waals surface area contributed by atoms with Gasteiger partial charge in [0.25, 0.3) is 5.91 Å². The molecule has 35 heavy (non-hydrogen) atoms. The summed E-state index contributed by atoms with van der Waals surface area (Å²) in [7, 11) is 0. The van der Waals surface area contributed by atoms with Gasteiger partial charge in [0.2, 0.25) is 5.43 Å². The van der Waals surface area contributed by atoms with Crippen LogP contribution in [0.3, 0.4) is 0 Å². The molecule has 0 fully saturated rings. The monoisotopic (exact) mass is 565 g/mol. The molecular formula is C24H19BrF3N3O3S. The molecule has 2 aliphatic heterocycles. The van der Waals surface area contributed by atoms with E-state index < -0.39 is 47.7 Å². The number of aromatic nitrogens is 1. The van der Waals surface area contributed by atoms with Gasteiger partial charge in [-0.15, -0.1) is 11.8 Å². The molecule has 0 spiro atoms. The van der Waals surface area contributed by atoms with Crippen LogP contribution in [0.4, 0.5) is 13.2 Å². The van der Waals surface area contributed by atoms with Crippen LogP contribution in [0.2, 0.25) is 0 Å². The Morgan fingerprint density at radius 3 is 2.60 bits per heavy atom. The van der Waals surface area contributed by atoms with Crippen LogP contribution >= 0.6 is 27.7 Å². The number of hydrogen-bond donors (Lipinski definition) is 1. The molecular weight excluding hydrogens is 547 g/mol. The van der Waals surface area contributed by atoms with Gasteiger partial charge in [0.15, 0.2) is 11.4 Å². The molecule has 0 aliphatic carbocycles. The van der Waals surface area contributed by atoms with Crippen LogP contribution in [0.25, 0.3) is 0 Å². The quantitative estimate of drug-likeness (QED) is 0.473. The fraction of sp³-hybridized carbons (Fsp3) is 0.250. The summed E-state index contributed by atoms with van der Waals surface area (Å²) in [5, 5.41) is 12.1. The lowest BCUT2D eigenvalue weighted by molar-refractivity contribution is -0.173. The van der Waals surface area contributed by atoms with Gasteiger partial charge in [-0.1, -0.05) is 46.3 Å². The third-order valence-electron chi connectivity index (χ3n) is 6.33. The number of pyridine rings is 1. The number of thioether (sulfide) groups is 1. The lowest BCUT2D eigenvalue weighted by Crippen LogP contribution is -2.60. The Morgan fingerprint density at radius 1 is 1.11 bits per heavy atom. The summed E-state index contributed by atoms with van der Waals surface area (Å²) in [6.45, 7) is 0.486. The Balaban J connectivity index is 1.78. The summed E-state index contributed by atoms with van der Waals surface area (Å²) in [5.74, 6) is -1.30. The van der Waals surface area contributed by atoms with Crippen molar-refractivity contribution >= 4 is 33.6 Å². The van der Waals surface area contributed by atoms with Crippen LogP contribution in [0.15, 0.2) is 68.9 Å². The number of benzene rings is 2. The fourth-order valence-electron chi connectivity index (χ4n) is 4.47. The van der Waals surface area contributed by atoms with Gasteiger partial charge in [-0.25, -0.2) is 0 Å². The van der Waals surface area contributed by atoms with Crippen LogP contribution < -0.4 is 10.4 Å². The number of alkyl halides is 3. The van der Waals surface area contributed by atoms with Crippen molar-refractivity contribution in [2.45, 2.75) is 35.8 Å². The minimum atomic E-state index is -4.70. The van der Waals surface area contributed by atoms with Crippen molar-refractivity contribution in [1.29, 1.82) is 0 Å². The van der Waals surface area contributed by atoms with Gasteiger partial charge in [-0.3, -0.25) is 19.3 Å². The third kappa shape index (κ3) is 4.00. The van der Waals surface area contributed by atoms with Crippen molar-refractivity contribution in [2.75, 3.05) is 11.7 Å². The molecule has 182 valence electrons. The highest BCUT2D eigenvalue weighted by molar-refractivity contribution is 9.10.